The number of aromatic amines is 1. The number of carbonyl (C=O) groups is 2. The molecule has 2 aromatic rings. The lowest BCUT2D eigenvalue weighted by Gasteiger charge is -2.01. The van der Waals surface area contributed by atoms with Gasteiger partial charge in [-0.15, -0.1) is 0 Å². The van der Waals surface area contributed by atoms with E-state index in [4.69, 9.17) is 16.3 Å². The largest absolute Gasteiger partial charge is 0.461 e. The lowest BCUT2D eigenvalue weighted by molar-refractivity contribution is 0.0519. The molecule has 0 fully saturated rings. The third kappa shape index (κ3) is 3.71. The molecule has 1 aromatic carbocycles. The SMILES string of the molecule is CCOC(=O)c1[nH]c(C)c(C(=O)/C=C/c2ccccc2Cl)c1C. The van der Waals surface area contributed by atoms with Crippen LogP contribution in [0.15, 0.2) is 30.3 Å². The van der Waals surface area contributed by atoms with Crippen molar-refractivity contribution < 1.29 is 14.3 Å². The summed E-state index contributed by atoms with van der Waals surface area (Å²) in [6, 6.07) is 7.26. The second-order valence-electron chi connectivity index (χ2n) is 5.06. The molecule has 1 aromatic heterocycles. The predicted molar refractivity (Wildman–Crippen MR) is 91.0 cm³/mol. The second-order valence-corrected chi connectivity index (χ2v) is 5.47. The molecule has 0 saturated carbocycles. The van der Waals surface area contributed by atoms with Crippen molar-refractivity contribution in [2.45, 2.75) is 20.8 Å². The van der Waals surface area contributed by atoms with Gasteiger partial charge in [0.2, 0.25) is 0 Å². The molecule has 2 rings (SSSR count). The third-order valence-corrected chi connectivity index (χ3v) is 3.83. The molecule has 0 unspecified atom stereocenters. The zero-order valence-corrected chi connectivity index (χ0v) is 14.0. The summed E-state index contributed by atoms with van der Waals surface area (Å²) in [6.45, 7) is 5.51. The second kappa shape index (κ2) is 7.29. The fourth-order valence-corrected chi connectivity index (χ4v) is 2.58. The summed E-state index contributed by atoms with van der Waals surface area (Å²) < 4.78 is 4.98. The van der Waals surface area contributed by atoms with Crippen LogP contribution in [0, 0.1) is 13.8 Å². The van der Waals surface area contributed by atoms with Gasteiger partial charge in [0.1, 0.15) is 5.69 Å². The first kappa shape index (κ1) is 17.0. The number of carbonyl (C=O) groups excluding carboxylic acids is 2. The minimum absolute atomic E-state index is 0.188. The maximum absolute atomic E-state index is 12.5. The summed E-state index contributed by atoms with van der Waals surface area (Å²) in [5, 5.41) is 0.575. The van der Waals surface area contributed by atoms with Gasteiger partial charge in [0.25, 0.3) is 0 Å². The molecule has 0 saturated heterocycles. The maximum Gasteiger partial charge on any atom is 0.355 e. The number of hydrogen-bond donors (Lipinski definition) is 1. The smallest absolute Gasteiger partial charge is 0.355 e. The fraction of sp³-hybridized carbons (Fsp3) is 0.222. The van der Waals surface area contributed by atoms with Crippen LogP contribution in [0.1, 0.15) is 44.6 Å². The number of halogens is 1. The molecular formula is C18H18ClNO3. The molecule has 0 aliphatic carbocycles. The van der Waals surface area contributed by atoms with Crippen molar-refractivity contribution in [3.8, 4) is 0 Å². The number of aryl methyl sites for hydroxylation is 1. The fourth-order valence-electron chi connectivity index (χ4n) is 2.39. The summed E-state index contributed by atoms with van der Waals surface area (Å²) in [7, 11) is 0. The molecule has 23 heavy (non-hydrogen) atoms. The molecule has 0 amide bonds. The van der Waals surface area contributed by atoms with Crippen LogP contribution >= 0.6 is 11.6 Å². The number of esters is 1. The molecule has 0 bridgehead atoms. The Morgan fingerprint density at radius 2 is 1.96 bits per heavy atom. The van der Waals surface area contributed by atoms with Gasteiger partial charge in [-0.1, -0.05) is 29.8 Å². The van der Waals surface area contributed by atoms with E-state index < -0.39 is 5.97 Å². The van der Waals surface area contributed by atoms with E-state index in [1.54, 1.807) is 32.9 Å². The van der Waals surface area contributed by atoms with Gasteiger partial charge in [-0.2, -0.15) is 0 Å². The molecular weight excluding hydrogens is 314 g/mol. The molecule has 0 aliphatic rings. The first-order valence-electron chi connectivity index (χ1n) is 7.29. The molecule has 0 atom stereocenters. The van der Waals surface area contributed by atoms with Crippen LogP contribution in [0.2, 0.25) is 5.02 Å². The summed E-state index contributed by atoms with van der Waals surface area (Å²) in [4.78, 5) is 27.3. The normalized spacial score (nSPS) is 11.0. The molecule has 4 nitrogen and oxygen atoms in total. The van der Waals surface area contributed by atoms with Crippen molar-refractivity contribution in [1.82, 2.24) is 4.98 Å². The van der Waals surface area contributed by atoms with Crippen molar-refractivity contribution in [3.05, 3.63) is 63.4 Å². The number of hydrogen-bond acceptors (Lipinski definition) is 3. The number of allylic oxidation sites excluding steroid dienone is 1. The van der Waals surface area contributed by atoms with Crippen molar-refractivity contribution in [2.24, 2.45) is 0 Å². The first-order chi connectivity index (χ1) is 11.0. The summed E-state index contributed by atoms with van der Waals surface area (Å²) >= 11 is 6.07. The topological polar surface area (TPSA) is 59.2 Å². The van der Waals surface area contributed by atoms with Crippen LogP contribution in [0.25, 0.3) is 6.08 Å². The highest BCUT2D eigenvalue weighted by molar-refractivity contribution is 6.32. The number of ketones is 1. The van der Waals surface area contributed by atoms with Gasteiger partial charge in [-0.3, -0.25) is 4.79 Å². The number of rotatable bonds is 5. The van der Waals surface area contributed by atoms with Gasteiger partial charge >= 0.3 is 5.97 Å². The van der Waals surface area contributed by atoms with E-state index in [1.165, 1.54) is 6.08 Å². The van der Waals surface area contributed by atoms with Gasteiger partial charge in [-0.25, -0.2) is 4.79 Å². The Morgan fingerprint density at radius 3 is 2.61 bits per heavy atom. The van der Waals surface area contributed by atoms with Crippen molar-refractivity contribution in [1.29, 1.82) is 0 Å². The van der Waals surface area contributed by atoms with E-state index in [2.05, 4.69) is 4.98 Å². The number of benzene rings is 1. The van der Waals surface area contributed by atoms with Crippen molar-refractivity contribution in [3.63, 3.8) is 0 Å². The Hall–Kier alpha value is -2.33. The highest BCUT2D eigenvalue weighted by Gasteiger charge is 2.21. The molecule has 5 heteroatoms. The van der Waals surface area contributed by atoms with Crippen LogP contribution in [0.4, 0.5) is 0 Å². The Morgan fingerprint density at radius 1 is 1.26 bits per heavy atom. The standard InChI is InChI=1S/C18H18ClNO3/c1-4-23-18(22)17-11(2)16(12(3)20-17)15(21)10-9-13-7-5-6-8-14(13)19/h5-10,20H,4H2,1-3H3/b10-9+. The molecule has 1 N–H and O–H groups in total. The number of nitrogens with one attached hydrogen (secondary N) is 1. The molecule has 1 heterocycles. The van der Waals surface area contributed by atoms with Gasteiger partial charge in [-0.05, 0) is 50.1 Å². The van der Waals surface area contributed by atoms with Crippen LogP contribution in [-0.2, 0) is 4.74 Å². The maximum atomic E-state index is 12.5. The summed E-state index contributed by atoms with van der Waals surface area (Å²) in [5.41, 5.74) is 2.79. The number of H-pyrrole nitrogens is 1. The molecule has 0 radical (unpaired) electrons. The van der Waals surface area contributed by atoms with E-state index in [-0.39, 0.29) is 12.4 Å². The Labute approximate surface area is 140 Å². The van der Waals surface area contributed by atoms with Crippen LogP contribution in [0.5, 0.6) is 0 Å². The van der Waals surface area contributed by atoms with Crippen molar-refractivity contribution in [2.75, 3.05) is 6.61 Å². The first-order valence-corrected chi connectivity index (χ1v) is 7.66. The Bertz CT molecular complexity index is 775. The number of ether oxygens (including phenoxy) is 1. The lowest BCUT2D eigenvalue weighted by atomic mass is 10.0. The average Bonchev–Trinajstić information content (AvgIpc) is 2.81. The zero-order valence-electron chi connectivity index (χ0n) is 13.3. The van der Waals surface area contributed by atoms with Crippen LogP contribution < -0.4 is 0 Å². The van der Waals surface area contributed by atoms with E-state index in [0.29, 0.717) is 27.5 Å². The summed E-state index contributed by atoms with van der Waals surface area (Å²) in [6.07, 6.45) is 3.12. The van der Waals surface area contributed by atoms with E-state index >= 15 is 0 Å². The Balaban J connectivity index is 2.30. The Kier molecular flexibility index (Phi) is 5.40. The van der Waals surface area contributed by atoms with E-state index in [9.17, 15) is 9.59 Å². The van der Waals surface area contributed by atoms with Gasteiger partial charge < -0.3 is 9.72 Å². The van der Waals surface area contributed by atoms with Crippen LogP contribution in [-0.4, -0.2) is 23.3 Å². The molecule has 120 valence electrons. The number of aromatic nitrogens is 1. The quantitative estimate of drug-likeness (QED) is 0.503. The predicted octanol–water partition coefficient (Wildman–Crippen LogP) is 4.36. The highest BCUT2D eigenvalue weighted by Crippen LogP contribution is 2.21. The van der Waals surface area contributed by atoms with E-state index in [0.717, 1.165) is 5.56 Å². The van der Waals surface area contributed by atoms with E-state index in [1.807, 2.05) is 18.2 Å². The lowest BCUT2D eigenvalue weighted by Crippen LogP contribution is -2.07. The minimum atomic E-state index is -0.456. The average molecular weight is 332 g/mol. The molecule has 0 aliphatic heterocycles. The highest BCUT2D eigenvalue weighted by atomic mass is 35.5. The zero-order chi connectivity index (χ0) is 17.0. The van der Waals surface area contributed by atoms with Gasteiger partial charge in [0.05, 0.1) is 6.61 Å². The summed E-state index contributed by atoms with van der Waals surface area (Å²) in [5.74, 6) is -0.644. The van der Waals surface area contributed by atoms with Gasteiger partial charge in [0.15, 0.2) is 5.78 Å². The molecule has 0 spiro atoms. The third-order valence-electron chi connectivity index (χ3n) is 3.48. The minimum Gasteiger partial charge on any atom is -0.461 e. The monoisotopic (exact) mass is 331 g/mol. The van der Waals surface area contributed by atoms with Crippen LogP contribution in [0.3, 0.4) is 0 Å². The van der Waals surface area contributed by atoms with Gasteiger partial charge in [0, 0.05) is 16.3 Å². The van der Waals surface area contributed by atoms with Crippen molar-refractivity contribution >= 4 is 29.4 Å².